The van der Waals surface area contributed by atoms with Crippen LogP contribution in [0.5, 0.6) is 0 Å². The first-order valence-corrected chi connectivity index (χ1v) is 10.4. The molecule has 3 rings (SSSR count). The molecule has 1 unspecified atom stereocenters. The van der Waals surface area contributed by atoms with Crippen LogP contribution in [-0.4, -0.2) is 41.6 Å². The van der Waals surface area contributed by atoms with Gasteiger partial charge in [0.2, 0.25) is 0 Å². The number of fused-ring (bicyclic) bond motifs is 1. The zero-order chi connectivity index (χ0) is 15.0. The number of nitrogens with zero attached hydrogens (tertiary/aromatic N) is 2. The van der Waals surface area contributed by atoms with E-state index in [1.807, 2.05) is 17.8 Å². The number of sulfone groups is 1. The normalized spacial score (nSPS) is 19.4. The molecule has 0 N–H and O–H groups in total. The summed E-state index contributed by atoms with van der Waals surface area (Å²) in [6.07, 6.45) is 2.97. The number of hydrogen-bond acceptors (Lipinski definition) is 4. The van der Waals surface area contributed by atoms with Gasteiger partial charge in [0.25, 0.3) is 0 Å². The molecule has 1 aliphatic rings. The van der Waals surface area contributed by atoms with E-state index in [9.17, 15) is 8.42 Å². The number of halogens is 1. The molecule has 1 fully saturated rings. The lowest BCUT2D eigenvalue weighted by Crippen LogP contribution is -2.12. The Labute approximate surface area is 133 Å². The molecule has 1 aliphatic heterocycles. The number of para-hydroxylation sites is 1. The predicted molar refractivity (Wildman–Crippen MR) is 88.2 cm³/mol. The molecule has 0 spiro atoms. The largest absolute Gasteiger partial charge is 0.324 e. The first kappa shape index (κ1) is 15.2. The minimum Gasteiger partial charge on any atom is -0.324 e. The van der Waals surface area contributed by atoms with E-state index in [2.05, 4.69) is 9.55 Å². The summed E-state index contributed by atoms with van der Waals surface area (Å²) in [5.74, 6) is 3.56. The second-order valence-corrected chi connectivity index (χ2v) is 8.76. The van der Waals surface area contributed by atoms with Gasteiger partial charge in [0.05, 0.1) is 10.4 Å². The molecule has 0 amide bonds. The summed E-state index contributed by atoms with van der Waals surface area (Å²) in [7, 11) is -3.29. The summed E-state index contributed by atoms with van der Waals surface area (Å²) in [6, 6.07) is 5.76. The van der Waals surface area contributed by atoms with Crippen molar-refractivity contribution in [3.05, 3.63) is 24.0 Å². The molecule has 1 atom stereocenters. The molecule has 1 aromatic carbocycles. The third-order valence-corrected chi connectivity index (χ3v) is 6.21. The van der Waals surface area contributed by atoms with E-state index in [1.54, 1.807) is 12.1 Å². The van der Waals surface area contributed by atoms with Crippen LogP contribution < -0.4 is 0 Å². The maximum absolute atomic E-state index is 12.0. The molecule has 2 heterocycles. The van der Waals surface area contributed by atoms with Crippen molar-refractivity contribution in [2.24, 2.45) is 0 Å². The predicted octanol–water partition coefficient (Wildman–Crippen LogP) is 2.90. The number of rotatable bonds is 4. The molecule has 7 heteroatoms. The fourth-order valence-electron chi connectivity index (χ4n) is 2.83. The third-order valence-electron chi connectivity index (χ3n) is 3.74. The van der Waals surface area contributed by atoms with Gasteiger partial charge in [-0.25, -0.2) is 13.4 Å². The molecule has 0 saturated carbocycles. The Kier molecular flexibility index (Phi) is 4.21. The lowest BCUT2D eigenvalue weighted by Gasteiger charge is -2.15. The standard InChI is InChI=1S/C14H17ClN2O2S2/c1-21(18,19)12-4-2-3-11-14(12)16-13(5-7-15)17(11)10-6-8-20-9-10/h2-4,10H,5-9H2,1H3. The number of benzene rings is 1. The zero-order valence-corrected chi connectivity index (χ0v) is 14.1. The van der Waals surface area contributed by atoms with Crippen LogP contribution in [0, 0.1) is 0 Å². The Bertz CT molecular complexity index is 765. The molecule has 1 aromatic heterocycles. The molecular weight excluding hydrogens is 328 g/mol. The Morgan fingerprint density at radius 3 is 2.90 bits per heavy atom. The lowest BCUT2D eigenvalue weighted by atomic mass is 10.2. The minimum absolute atomic E-state index is 0.306. The SMILES string of the molecule is CS(=O)(=O)c1cccc2c1nc(CCCl)n2C1CCSC1. The monoisotopic (exact) mass is 344 g/mol. The number of thioether (sulfide) groups is 1. The second-order valence-electron chi connectivity index (χ2n) is 5.25. The highest BCUT2D eigenvalue weighted by molar-refractivity contribution is 7.99. The fraction of sp³-hybridized carbons (Fsp3) is 0.500. The van der Waals surface area contributed by atoms with E-state index in [-0.39, 0.29) is 0 Å². The Balaban J connectivity index is 2.26. The molecule has 0 bridgehead atoms. The molecule has 0 aliphatic carbocycles. The highest BCUT2D eigenvalue weighted by Gasteiger charge is 2.25. The van der Waals surface area contributed by atoms with Crippen molar-refractivity contribution < 1.29 is 8.42 Å². The number of aryl methyl sites for hydroxylation is 1. The Morgan fingerprint density at radius 1 is 1.48 bits per heavy atom. The molecule has 1 saturated heterocycles. The van der Waals surface area contributed by atoms with Gasteiger partial charge in [0.1, 0.15) is 11.3 Å². The van der Waals surface area contributed by atoms with Crippen molar-refractivity contribution >= 4 is 44.2 Å². The van der Waals surface area contributed by atoms with Gasteiger partial charge in [-0.1, -0.05) is 6.07 Å². The average Bonchev–Trinajstić information content (AvgIpc) is 3.03. The van der Waals surface area contributed by atoms with Crippen molar-refractivity contribution in [1.29, 1.82) is 0 Å². The number of aromatic nitrogens is 2. The van der Waals surface area contributed by atoms with E-state index in [0.717, 1.165) is 29.3 Å². The van der Waals surface area contributed by atoms with Gasteiger partial charge in [-0.05, 0) is 24.3 Å². The van der Waals surface area contributed by atoms with E-state index < -0.39 is 9.84 Å². The van der Waals surface area contributed by atoms with Crippen molar-refractivity contribution in [3.8, 4) is 0 Å². The molecule has 4 nitrogen and oxygen atoms in total. The van der Waals surface area contributed by atoms with E-state index in [4.69, 9.17) is 11.6 Å². The van der Waals surface area contributed by atoms with Crippen LogP contribution in [0.4, 0.5) is 0 Å². The van der Waals surface area contributed by atoms with Gasteiger partial charge < -0.3 is 4.57 Å². The topological polar surface area (TPSA) is 52.0 Å². The quantitative estimate of drug-likeness (QED) is 0.800. The Hall–Kier alpha value is -0.720. The minimum atomic E-state index is -3.29. The molecule has 2 aromatic rings. The van der Waals surface area contributed by atoms with Crippen LogP contribution in [0.15, 0.2) is 23.1 Å². The summed E-state index contributed by atoms with van der Waals surface area (Å²) in [4.78, 5) is 4.91. The first-order chi connectivity index (χ1) is 10.0. The van der Waals surface area contributed by atoms with E-state index >= 15 is 0 Å². The van der Waals surface area contributed by atoms with Crippen molar-refractivity contribution in [1.82, 2.24) is 9.55 Å². The number of alkyl halides is 1. The third kappa shape index (κ3) is 2.81. The van der Waals surface area contributed by atoms with Gasteiger partial charge in [-0.2, -0.15) is 11.8 Å². The molecule has 0 radical (unpaired) electrons. The van der Waals surface area contributed by atoms with Gasteiger partial charge in [0.15, 0.2) is 9.84 Å². The fourth-order valence-corrected chi connectivity index (χ4v) is 5.02. The van der Waals surface area contributed by atoms with Crippen LogP contribution in [0.25, 0.3) is 11.0 Å². The summed E-state index contributed by atoms with van der Waals surface area (Å²) < 4.78 is 26.1. The highest BCUT2D eigenvalue weighted by Crippen LogP contribution is 2.34. The smallest absolute Gasteiger partial charge is 0.177 e. The van der Waals surface area contributed by atoms with E-state index in [1.165, 1.54) is 6.26 Å². The highest BCUT2D eigenvalue weighted by atomic mass is 35.5. The number of hydrogen-bond donors (Lipinski definition) is 0. The Morgan fingerprint density at radius 2 is 2.29 bits per heavy atom. The van der Waals surface area contributed by atoms with Crippen LogP contribution in [0.1, 0.15) is 18.3 Å². The maximum Gasteiger partial charge on any atom is 0.177 e. The summed E-state index contributed by atoms with van der Waals surface area (Å²) in [6.45, 7) is 0. The summed E-state index contributed by atoms with van der Waals surface area (Å²) in [5, 5.41) is 0. The van der Waals surface area contributed by atoms with Crippen molar-refractivity contribution in [3.63, 3.8) is 0 Å². The van der Waals surface area contributed by atoms with Crippen molar-refractivity contribution in [2.45, 2.75) is 23.8 Å². The zero-order valence-electron chi connectivity index (χ0n) is 11.8. The number of imidazole rings is 1. The molecule has 114 valence electrons. The van der Waals surface area contributed by atoms with Crippen LogP contribution >= 0.6 is 23.4 Å². The molecule has 21 heavy (non-hydrogen) atoms. The summed E-state index contributed by atoms with van der Waals surface area (Å²) >= 11 is 7.82. The van der Waals surface area contributed by atoms with Crippen LogP contribution in [0.3, 0.4) is 0 Å². The van der Waals surface area contributed by atoms with Gasteiger partial charge in [-0.15, -0.1) is 11.6 Å². The van der Waals surface area contributed by atoms with Gasteiger partial charge in [0, 0.05) is 30.4 Å². The van der Waals surface area contributed by atoms with Crippen molar-refractivity contribution in [2.75, 3.05) is 23.6 Å². The van der Waals surface area contributed by atoms with Crippen LogP contribution in [0.2, 0.25) is 0 Å². The van der Waals surface area contributed by atoms with Gasteiger partial charge >= 0.3 is 0 Å². The second kappa shape index (κ2) is 5.82. The van der Waals surface area contributed by atoms with E-state index in [0.29, 0.717) is 28.8 Å². The summed E-state index contributed by atoms with van der Waals surface area (Å²) in [5.41, 5.74) is 1.49. The maximum atomic E-state index is 12.0. The first-order valence-electron chi connectivity index (χ1n) is 6.86. The van der Waals surface area contributed by atoms with Crippen LogP contribution in [-0.2, 0) is 16.3 Å². The molecular formula is C14H17ClN2O2S2. The van der Waals surface area contributed by atoms with Gasteiger partial charge in [-0.3, -0.25) is 0 Å². The lowest BCUT2D eigenvalue weighted by molar-refractivity contribution is 0.552. The average molecular weight is 345 g/mol.